The predicted molar refractivity (Wildman–Crippen MR) is 67.1 cm³/mol. The van der Waals surface area contributed by atoms with Gasteiger partial charge in [-0.1, -0.05) is 6.07 Å². The summed E-state index contributed by atoms with van der Waals surface area (Å²) >= 11 is 0. The van der Waals surface area contributed by atoms with Gasteiger partial charge in [0.1, 0.15) is 0 Å². The van der Waals surface area contributed by atoms with Crippen molar-refractivity contribution in [2.24, 2.45) is 0 Å². The van der Waals surface area contributed by atoms with Gasteiger partial charge in [0, 0.05) is 31.9 Å². The van der Waals surface area contributed by atoms with Crippen molar-refractivity contribution in [3.63, 3.8) is 0 Å². The first-order chi connectivity index (χ1) is 8.63. The van der Waals surface area contributed by atoms with Crippen LogP contribution in [0.1, 0.15) is 25.3 Å². The SMILES string of the molecule is CCN(CCC(=O)O)C(=O)CCc1cccnc1. The summed E-state index contributed by atoms with van der Waals surface area (Å²) in [6.45, 7) is 2.67. The fourth-order valence-corrected chi connectivity index (χ4v) is 1.65. The van der Waals surface area contributed by atoms with Crippen LogP contribution < -0.4 is 0 Å². The van der Waals surface area contributed by atoms with Crippen molar-refractivity contribution in [2.75, 3.05) is 13.1 Å². The summed E-state index contributed by atoms with van der Waals surface area (Å²) in [4.78, 5) is 27.9. The first-order valence-corrected chi connectivity index (χ1v) is 6.02. The molecule has 0 aliphatic carbocycles. The fourth-order valence-electron chi connectivity index (χ4n) is 1.65. The van der Waals surface area contributed by atoms with E-state index in [2.05, 4.69) is 4.98 Å². The molecule has 0 aromatic carbocycles. The van der Waals surface area contributed by atoms with Crippen molar-refractivity contribution in [2.45, 2.75) is 26.2 Å². The molecule has 0 atom stereocenters. The lowest BCUT2D eigenvalue weighted by Gasteiger charge is -2.19. The number of rotatable bonds is 7. The Kier molecular flexibility index (Phi) is 5.84. The molecular weight excluding hydrogens is 232 g/mol. The van der Waals surface area contributed by atoms with Gasteiger partial charge in [-0.2, -0.15) is 0 Å². The van der Waals surface area contributed by atoms with Gasteiger partial charge in [0.2, 0.25) is 5.91 Å². The number of hydrogen-bond acceptors (Lipinski definition) is 3. The van der Waals surface area contributed by atoms with Crippen LogP contribution in [-0.4, -0.2) is 40.0 Å². The number of carbonyl (C=O) groups excluding carboxylic acids is 1. The van der Waals surface area contributed by atoms with E-state index in [1.165, 1.54) is 0 Å². The third kappa shape index (κ3) is 4.95. The van der Waals surface area contributed by atoms with E-state index < -0.39 is 5.97 Å². The molecule has 98 valence electrons. The number of carbonyl (C=O) groups is 2. The molecule has 0 unspecified atom stereocenters. The maximum absolute atomic E-state index is 11.9. The summed E-state index contributed by atoms with van der Waals surface area (Å²) in [7, 11) is 0. The Hall–Kier alpha value is -1.91. The average Bonchev–Trinajstić information content (AvgIpc) is 2.38. The largest absolute Gasteiger partial charge is 0.481 e. The minimum absolute atomic E-state index is 0.00747. The highest BCUT2D eigenvalue weighted by Crippen LogP contribution is 2.04. The van der Waals surface area contributed by atoms with Crippen molar-refractivity contribution in [3.8, 4) is 0 Å². The topological polar surface area (TPSA) is 70.5 Å². The van der Waals surface area contributed by atoms with Gasteiger partial charge in [-0.15, -0.1) is 0 Å². The summed E-state index contributed by atoms with van der Waals surface area (Å²) in [6.07, 6.45) is 4.44. The van der Waals surface area contributed by atoms with E-state index in [0.717, 1.165) is 5.56 Å². The minimum atomic E-state index is -0.881. The lowest BCUT2D eigenvalue weighted by molar-refractivity contribution is -0.138. The minimum Gasteiger partial charge on any atom is -0.481 e. The van der Waals surface area contributed by atoms with Crippen LogP contribution in [0.15, 0.2) is 24.5 Å². The number of aromatic nitrogens is 1. The summed E-state index contributed by atoms with van der Waals surface area (Å²) in [5, 5.41) is 8.60. The van der Waals surface area contributed by atoms with Crippen LogP contribution >= 0.6 is 0 Å². The van der Waals surface area contributed by atoms with Crippen molar-refractivity contribution in [1.82, 2.24) is 9.88 Å². The van der Waals surface area contributed by atoms with Crippen molar-refractivity contribution < 1.29 is 14.7 Å². The molecule has 1 rings (SSSR count). The Labute approximate surface area is 106 Å². The van der Waals surface area contributed by atoms with Crippen LogP contribution in [0.4, 0.5) is 0 Å². The molecule has 1 amide bonds. The molecule has 0 saturated heterocycles. The Balaban J connectivity index is 2.40. The number of amides is 1. The predicted octanol–water partition coefficient (Wildman–Crippen LogP) is 1.34. The third-order valence-corrected chi connectivity index (χ3v) is 2.68. The number of aliphatic carboxylic acids is 1. The molecule has 0 bridgehead atoms. The highest BCUT2D eigenvalue weighted by Gasteiger charge is 2.12. The van der Waals surface area contributed by atoms with E-state index in [9.17, 15) is 9.59 Å². The van der Waals surface area contributed by atoms with Crippen LogP contribution in [0.3, 0.4) is 0 Å². The molecule has 1 aromatic rings. The molecule has 5 heteroatoms. The van der Waals surface area contributed by atoms with Crippen molar-refractivity contribution >= 4 is 11.9 Å². The smallest absolute Gasteiger partial charge is 0.305 e. The average molecular weight is 250 g/mol. The van der Waals surface area contributed by atoms with Gasteiger partial charge in [0.05, 0.1) is 6.42 Å². The van der Waals surface area contributed by atoms with Crippen LogP contribution in [0, 0.1) is 0 Å². The fraction of sp³-hybridized carbons (Fsp3) is 0.462. The van der Waals surface area contributed by atoms with Gasteiger partial charge in [-0.25, -0.2) is 0 Å². The molecule has 0 fully saturated rings. The number of hydrogen-bond donors (Lipinski definition) is 1. The second-order valence-electron chi connectivity index (χ2n) is 3.98. The highest BCUT2D eigenvalue weighted by molar-refractivity contribution is 5.77. The lowest BCUT2D eigenvalue weighted by Crippen LogP contribution is -2.32. The van der Waals surface area contributed by atoms with E-state index >= 15 is 0 Å². The van der Waals surface area contributed by atoms with Crippen LogP contribution in [0.25, 0.3) is 0 Å². The normalized spacial score (nSPS) is 10.1. The molecule has 5 nitrogen and oxygen atoms in total. The summed E-state index contributed by atoms with van der Waals surface area (Å²) in [6, 6.07) is 3.76. The molecular formula is C13H18N2O3. The van der Waals surface area contributed by atoms with E-state index in [1.807, 2.05) is 19.1 Å². The monoisotopic (exact) mass is 250 g/mol. The zero-order chi connectivity index (χ0) is 13.4. The molecule has 0 radical (unpaired) electrons. The summed E-state index contributed by atoms with van der Waals surface area (Å²) in [5.41, 5.74) is 1.01. The molecule has 1 heterocycles. The summed E-state index contributed by atoms with van der Waals surface area (Å²) < 4.78 is 0. The zero-order valence-electron chi connectivity index (χ0n) is 10.5. The zero-order valence-corrected chi connectivity index (χ0v) is 10.5. The Bertz CT molecular complexity index is 392. The quantitative estimate of drug-likeness (QED) is 0.792. The number of nitrogens with zero attached hydrogens (tertiary/aromatic N) is 2. The first-order valence-electron chi connectivity index (χ1n) is 6.02. The number of carboxylic acid groups (broad SMARTS) is 1. The second kappa shape index (κ2) is 7.42. The molecule has 18 heavy (non-hydrogen) atoms. The number of carboxylic acids is 1. The van der Waals surface area contributed by atoms with E-state index in [1.54, 1.807) is 17.3 Å². The van der Waals surface area contributed by atoms with Gasteiger partial charge in [-0.3, -0.25) is 14.6 Å². The molecule has 0 aliphatic heterocycles. The number of aryl methyl sites for hydroxylation is 1. The van der Waals surface area contributed by atoms with Crippen LogP contribution in [0.2, 0.25) is 0 Å². The Morgan fingerprint density at radius 2 is 2.17 bits per heavy atom. The van der Waals surface area contributed by atoms with E-state index in [-0.39, 0.29) is 18.9 Å². The first kappa shape index (κ1) is 14.2. The van der Waals surface area contributed by atoms with Gasteiger partial charge in [0.15, 0.2) is 0 Å². The van der Waals surface area contributed by atoms with Crippen LogP contribution in [-0.2, 0) is 16.0 Å². The van der Waals surface area contributed by atoms with Gasteiger partial charge < -0.3 is 10.0 Å². The molecule has 0 spiro atoms. The van der Waals surface area contributed by atoms with Crippen molar-refractivity contribution in [1.29, 1.82) is 0 Å². The molecule has 0 saturated carbocycles. The van der Waals surface area contributed by atoms with Gasteiger partial charge in [-0.05, 0) is 25.0 Å². The summed E-state index contributed by atoms with van der Waals surface area (Å²) in [5.74, 6) is -0.892. The molecule has 0 aliphatic rings. The maximum Gasteiger partial charge on any atom is 0.305 e. The van der Waals surface area contributed by atoms with E-state index in [4.69, 9.17) is 5.11 Å². The molecule has 1 N–H and O–H groups in total. The Morgan fingerprint density at radius 3 is 2.72 bits per heavy atom. The standard InChI is InChI=1S/C13H18N2O3/c1-2-15(9-7-13(17)18)12(16)6-5-11-4-3-8-14-10-11/h3-4,8,10H,2,5-7,9H2,1H3,(H,17,18). The second-order valence-corrected chi connectivity index (χ2v) is 3.98. The van der Waals surface area contributed by atoms with E-state index in [0.29, 0.717) is 19.4 Å². The maximum atomic E-state index is 11.9. The van der Waals surface area contributed by atoms with Crippen LogP contribution in [0.5, 0.6) is 0 Å². The Morgan fingerprint density at radius 1 is 1.39 bits per heavy atom. The molecule has 1 aromatic heterocycles. The van der Waals surface area contributed by atoms with Gasteiger partial charge in [0.25, 0.3) is 0 Å². The van der Waals surface area contributed by atoms with Crippen molar-refractivity contribution in [3.05, 3.63) is 30.1 Å². The lowest BCUT2D eigenvalue weighted by atomic mass is 10.1. The third-order valence-electron chi connectivity index (χ3n) is 2.68. The highest BCUT2D eigenvalue weighted by atomic mass is 16.4. The number of pyridine rings is 1. The van der Waals surface area contributed by atoms with Gasteiger partial charge >= 0.3 is 5.97 Å².